The molecule has 0 amide bonds. The molecule has 1 aliphatic rings. The second-order valence-corrected chi connectivity index (χ2v) is 6.71. The third-order valence-electron chi connectivity index (χ3n) is 4.69. The van der Waals surface area contributed by atoms with Gasteiger partial charge in [0, 0.05) is 37.2 Å². The predicted octanol–water partition coefficient (Wildman–Crippen LogP) is 2.21. The van der Waals surface area contributed by atoms with Crippen molar-refractivity contribution in [2.45, 2.75) is 19.8 Å². The first-order valence-corrected chi connectivity index (χ1v) is 9.57. The fourth-order valence-corrected chi connectivity index (χ4v) is 3.33. The summed E-state index contributed by atoms with van der Waals surface area (Å²) in [5, 5.41) is 14.7. The Labute approximate surface area is 180 Å². The molecule has 1 aromatic rings. The maximum absolute atomic E-state index is 12.9. The second kappa shape index (κ2) is 11.2. The Balaban J connectivity index is 2.59. The molecule has 10 nitrogen and oxygen atoms in total. The van der Waals surface area contributed by atoms with Gasteiger partial charge in [-0.2, -0.15) is 0 Å². The van der Waals surface area contributed by atoms with Gasteiger partial charge in [-0.15, -0.1) is 0 Å². The molecule has 0 saturated carbocycles. The van der Waals surface area contributed by atoms with Gasteiger partial charge in [0.1, 0.15) is 13.2 Å². The van der Waals surface area contributed by atoms with E-state index in [4.69, 9.17) is 18.9 Å². The molecule has 0 saturated heterocycles. The average Bonchev–Trinajstić information content (AvgIpc) is 2.73. The first kappa shape index (κ1) is 24.0. The number of nitro groups is 1. The summed E-state index contributed by atoms with van der Waals surface area (Å²) in [5.74, 6) is -2.47. The van der Waals surface area contributed by atoms with E-state index >= 15 is 0 Å². The zero-order valence-corrected chi connectivity index (χ0v) is 17.9. The van der Waals surface area contributed by atoms with Gasteiger partial charge in [-0.05, 0) is 13.8 Å². The maximum Gasteiger partial charge on any atom is 0.336 e. The number of hydrogen-bond acceptors (Lipinski definition) is 9. The van der Waals surface area contributed by atoms with Crippen LogP contribution in [-0.2, 0) is 28.5 Å². The molecular formula is C21H26N2O8. The Morgan fingerprint density at radius 2 is 1.42 bits per heavy atom. The Hall–Kier alpha value is -3.24. The summed E-state index contributed by atoms with van der Waals surface area (Å²) in [5.41, 5.74) is 1.00. The van der Waals surface area contributed by atoms with E-state index in [0.29, 0.717) is 11.4 Å². The van der Waals surface area contributed by atoms with Crippen molar-refractivity contribution in [3.63, 3.8) is 0 Å². The molecule has 0 spiro atoms. The lowest BCUT2D eigenvalue weighted by Crippen LogP contribution is -2.33. The summed E-state index contributed by atoms with van der Waals surface area (Å²) in [7, 11) is 2.94. The van der Waals surface area contributed by atoms with Crippen molar-refractivity contribution in [1.82, 2.24) is 5.32 Å². The normalized spacial score (nSPS) is 14.3. The van der Waals surface area contributed by atoms with E-state index in [9.17, 15) is 19.7 Å². The lowest BCUT2D eigenvalue weighted by atomic mass is 9.79. The van der Waals surface area contributed by atoms with Crippen LogP contribution in [0.5, 0.6) is 0 Å². The number of nitrogens with zero attached hydrogens (tertiary/aromatic N) is 1. The quantitative estimate of drug-likeness (QED) is 0.255. The van der Waals surface area contributed by atoms with Crippen LogP contribution in [0.15, 0.2) is 46.8 Å². The van der Waals surface area contributed by atoms with Gasteiger partial charge in [-0.25, -0.2) is 9.59 Å². The number of para-hydroxylation sites is 1. The minimum atomic E-state index is -1.05. The largest absolute Gasteiger partial charge is 0.460 e. The zero-order chi connectivity index (χ0) is 23.0. The van der Waals surface area contributed by atoms with Crippen molar-refractivity contribution in [2.75, 3.05) is 40.6 Å². The van der Waals surface area contributed by atoms with Crippen molar-refractivity contribution >= 4 is 17.6 Å². The highest BCUT2D eigenvalue weighted by molar-refractivity contribution is 6.00. The molecule has 0 atom stereocenters. The number of benzene rings is 1. The topological polar surface area (TPSA) is 126 Å². The molecule has 0 aromatic heterocycles. The number of nitrogens with one attached hydrogen (secondary N) is 1. The van der Waals surface area contributed by atoms with Gasteiger partial charge in [-0.3, -0.25) is 10.1 Å². The molecule has 0 bridgehead atoms. The van der Waals surface area contributed by atoms with E-state index < -0.39 is 22.8 Å². The van der Waals surface area contributed by atoms with Crippen LogP contribution in [0, 0.1) is 10.1 Å². The highest BCUT2D eigenvalue weighted by atomic mass is 16.6. The molecular weight excluding hydrogens is 408 g/mol. The van der Waals surface area contributed by atoms with E-state index in [1.165, 1.54) is 32.4 Å². The average molecular weight is 434 g/mol. The van der Waals surface area contributed by atoms with E-state index in [1.807, 2.05) is 0 Å². The van der Waals surface area contributed by atoms with Crippen molar-refractivity contribution in [2.24, 2.45) is 0 Å². The fraction of sp³-hybridized carbons (Fsp3) is 0.429. The molecule has 168 valence electrons. The summed E-state index contributed by atoms with van der Waals surface area (Å²) in [6, 6.07) is 5.96. The minimum Gasteiger partial charge on any atom is -0.460 e. The Kier molecular flexibility index (Phi) is 8.71. The number of ether oxygens (including phenoxy) is 4. The third-order valence-corrected chi connectivity index (χ3v) is 4.69. The number of carbonyl (C=O) groups is 2. The van der Waals surface area contributed by atoms with Crippen LogP contribution in [0.2, 0.25) is 0 Å². The number of carbonyl (C=O) groups excluding carboxylic acids is 2. The molecule has 31 heavy (non-hydrogen) atoms. The number of esters is 2. The van der Waals surface area contributed by atoms with Crippen LogP contribution < -0.4 is 5.32 Å². The second-order valence-electron chi connectivity index (χ2n) is 6.71. The molecule has 1 N–H and O–H groups in total. The number of nitro benzene ring substituents is 1. The van der Waals surface area contributed by atoms with Gasteiger partial charge < -0.3 is 24.3 Å². The van der Waals surface area contributed by atoms with Crippen LogP contribution >= 0.6 is 0 Å². The molecule has 1 aliphatic heterocycles. The van der Waals surface area contributed by atoms with Crippen LogP contribution in [0.25, 0.3) is 0 Å². The van der Waals surface area contributed by atoms with Gasteiger partial charge in [0.05, 0.1) is 35.2 Å². The fourth-order valence-electron chi connectivity index (χ4n) is 3.33. The molecule has 0 unspecified atom stereocenters. The van der Waals surface area contributed by atoms with Crippen LogP contribution in [-0.4, -0.2) is 57.5 Å². The monoisotopic (exact) mass is 434 g/mol. The Morgan fingerprint density at radius 3 is 1.87 bits per heavy atom. The lowest BCUT2D eigenvalue weighted by Gasteiger charge is -2.30. The van der Waals surface area contributed by atoms with Crippen LogP contribution in [0.3, 0.4) is 0 Å². The van der Waals surface area contributed by atoms with E-state index in [1.54, 1.807) is 19.9 Å². The molecule has 1 aromatic carbocycles. The van der Waals surface area contributed by atoms with Crippen LogP contribution in [0.4, 0.5) is 5.69 Å². The first-order valence-electron chi connectivity index (χ1n) is 9.57. The third kappa shape index (κ3) is 5.68. The highest BCUT2D eigenvalue weighted by Crippen LogP contribution is 2.42. The molecule has 1 heterocycles. The number of hydrogen-bond donors (Lipinski definition) is 1. The van der Waals surface area contributed by atoms with Crippen molar-refractivity contribution in [3.05, 3.63) is 62.5 Å². The molecule has 2 rings (SSSR count). The molecule has 0 fully saturated rings. The van der Waals surface area contributed by atoms with Crippen LogP contribution in [0.1, 0.15) is 25.3 Å². The standard InChI is InChI=1S/C21H26N2O8/c1-13-17(20(24)30-11-9-28-3)19(15-7-5-6-8-16(15)23(26)27)18(14(2)22-13)21(25)31-12-10-29-4/h5-8,19,22H,9-12H2,1-4H3. The molecule has 10 heteroatoms. The van der Waals surface area contributed by atoms with Gasteiger partial charge in [0.15, 0.2) is 0 Å². The van der Waals surface area contributed by atoms with Gasteiger partial charge in [0.25, 0.3) is 5.69 Å². The lowest BCUT2D eigenvalue weighted by molar-refractivity contribution is -0.385. The first-order chi connectivity index (χ1) is 14.8. The Morgan fingerprint density at radius 1 is 0.935 bits per heavy atom. The summed E-state index contributed by atoms with van der Waals surface area (Å²) >= 11 is 0. The SMILES string of the molecule is COCCOC(=O)C1=C(C)NC(C)=C(C(=O)OCCOC)C1c1ccccc1[N+](=O)[O-]. The summed E-state index contributed by atoms with van der Waals surface area (Å²) in [6.45, 7) is 3.64. The summed E-state index contributed by atoms with van der Waals surface area (Å²) in [4.78, 5) is 37.0. The maximum atomic E-state index is 12.9. The van der Waals surface area contributed by atoms with Gasteiger partial charge >= 0.3 is 11.9 Å². The minimum absolute atomic E-state index is 0.00791. The van der Waals surface area contributed by atoms with E-state index in [-0.39, 0.29) is 48.8 Å². The molecule has 0 aliphatic carbocycles. The number of dihydropyridines is 1. The zero-order valence-electron chi connectivity index (χ0n) is 17.9. The predicted molar refractivity (Wildman–Crippen MR) is 110 cm³/mol. The number of methoxy groups -OCH3 is 2. The van der Waals surface area contributed by atoms with Gasteiger partial charge in [-0.1, -0.05) is 18.2 Å². The summed E-state index contributed by atoms with van der Waals surface area (Å²) in [6.07, 6.45) is 0. The summed E-state index contributed by atoms with van der Waals surface area (Å²) < 4.78 is 20.4. The highest BCUT2D eigenvalue weighted by Gasteiger charge is 2.40. The number of allylic oxidation sites excluding steroid dienone is 2. The van der Waals surface area contributed by atoms with E-state index in [0.717, 1.165) is 0 Å². The Bertz CT molecular complexity index is 862. The van der Waals surface area contributed by atoms with E-state index in [2.05, 4.69) is 5.32 Å². The smallest absolute Gasteiger partial charge is 0.336 e. The number of rotatable bonds is 10. The molecule has 0 radical (unpaired) electrons. The van der Waals surface area contributed by atoms with Crippen molar-refractivity contribution in [1.29, 1.82) is 0 Å². The van der Waals surface area contributed by atoms with Crippen molar-refractivity contribution in [3.8, 4) is 0 Å². The van der Waals surface area contributed by atoms with Gasteiger partial charge in [0.2, 0.25) is 0 Å². The van der Waals surface area contributed by atoms with Crippen molar-refractivity contribution < 1.29 is 33.5 Å².